The molecule has 1 aromatic carbocycles. The van der Waals surface area contributed by atoms with Gasteiger partial charge in [0, 0.05) is 10.6 Å². The van der Waals surface area contributed by atoms with Gasteiger partial charge in [-0.1, -0.05) is 29.7 Å². The zero-order chi connectivity index (χ0) is 12.7. The van der Waals surface area contributed by atoms with Crippen molar-refractivity contribution >= 4 is 29.1 Å². The highest BCUT2D eigenvalue weighted by Crippen LogP contribution is 2.27. The molecule has 1 rings (SSSR count). The third-order valence-electron chi connectivity index (χ3n) is 2.20. The minimum Gasteiger partial charge on any atom is -0.391 e. The molecule has 0 saturated heterocycles. The summed E-state index contributed by atoms with van der Waals surface area (Å²) in [5.74, 6) is 0. The fourth-order valence-electron chi connectivity index (χ4n) is 1.12. The molecule has 0 saturated carbocycles. The maximum atomic E-state index is 10.3. The average Bonchev–Trinajstić information content (AvgIpc) is 2.32. The van der Waals surface area contributed by atoms with Crippen LogP contribution in [-0.4, -0.2) is 11.8 Å². The summed E-state index contributed by atoms with van der Waals surface area (Å²) in [5.41, 5.74) is 1.97. The molecule has 0 atom stereocenters. The van der Waals surface area contributed by atoms with Gasteiger partial charge in [0.05, 0.1) is 11.4 Å². The number of halogens is 1. The molecule has 4 nitrogen and oxygen atoms in total. The van der Waals surface area contributed by atoms with E-state index in [0.29, 0.717) is 16.3 Å². The number of nitrogens with zero attached hydrogens (tertiary/aromatic N) is 2. The van der Waals surface area contributed by atoms with Crippen LogP contribution in [0.1, 0.15) is 25.8 Å². The van der Waals surface area contributed by atoms with E-state index in [1.165, 1.54) is 6.08 Å². The smallest absolute Gasteiger partial charge is 0.240 e. The molecular weight excluding hydrogens is 240 g/mol. The lowest BCUT2D eigenvalue weighted by Gasteiger charge is -2.06. The summed E-state index contributed by atoms with van der Waals surface area (Å²) in [7, 11) is 0. The lowest BCUT2D eigenvalue weighted by molar-refractivity contribution is 0.130. The van der Waals surface area contributed by atoms with Gasteiger partial charge in [-0.2, -0.15) is 4.99 Å². The number of benzene rings is 1. The molecule has 5 heteroatoms. The van der Waals surface area contributed by atoms with Gasteiger partial charge in [-0.05, 0) is 25.5 Å². The molecule has 0 N–H and O–H groups in total. The predicted octanol–water partition coefficient (Wildman–Crippen LogP) is 3.61. The average molecular weight is 253 g/mol. The molecule has 0 amide bonds. The van der Waals surface area contributed by atoms with E-state index in [0.717, 1.165) is 12.1 Å². The Bertz CT molecular complexity index is 466. The van der Waals surface area contributed by atoms with Gasteiger partial charge in [0.1, 0.15) is 6.61 Å². The molecule has 0 bridgehead atoms. The van der Waals surface area contributed by atoms with Crippen LogP contribution in [0.25, 0.3) is 0 Å². The second kappa shape index (κ2) is 6.84. The van der Waals surface area contributed by atoms with Crippen LogP contribution in [0, 0.1) is 0 Å². The summed E-state index contributed by atoms with van der Waals surface area (Å²) >= 11 is 6.00. The molecule has 0 radical (unpaired) electrons. The molecule has 0 spiro atoms. The number of rotatable bonds is 5. The van der Waals surface area contributed by atoms with Crippen LogP contribution in [0.3, 0.4) is 0 Å². The minimum absolute atomic E-state index is 0.178. The SMILES string of the molecule is CCC(C)=NOCc1c(Cl)cccc1N=C=O. The summed E-state index contributed by atoms with van der Waals surface area (Å²) in [5, 5.41) is 4.39. The van der Waals surface area contributed by atoms with Crippen molar-refractivity contribution in [3.05, 3.63) is 28.8 Å². The Morgan fingerprint density at radius 1 is 1.53 bits per heavy atom. The first-order valence-corrected chi connectivity index (χ1v) is 5.57. The number of oxime groups is 1. The van der Waals surface area contributed by atoms with Crippen molar-refractivity contribution in [2.75, 3.05) is 0 Å². The third kappa shape index (κ3) is 4.02. The van der Waals surface area contributed by atoms with E-state index in [2.05, 4.69) is 10.1 Å². The first-order valence-electron chi connectivity index (χ1n) is 5.19. The van der Waals surface area contributed by atoms with Crippen LogP contribution in [0.15, 0.2) is 28.3 Å². The summed E-state index contributed by atoms with van der Waals surface area (Å²) in [6.07, 6.45) is 2.31. The van der Waals surface area contributed by atoms with E-state index in [1.807, 2.05) is 13.8 Å². The van der Waals surface area contributed by atoms with Crippen LogP contribution >= 0.6 is 11.6 Å². The van der Waals surface area contributed by atoms with E-state index in [1.54, 1.807) is 18.2 Å². The Morgan fingerprint density at radius 2 is 2.29 bits per heavy atom. The molecule has 17 heavy (non-hydrogen) atoms. The zero-order valence-electron chi connectivity index (χ0n) is 9.74. The first kappa shape index (κ1) is 13.4. The number of isocyanates is 1. The molecule has 90 valence electrons. The molecule has 1 aromatic rings. The Hall–Kier alpha value is -1.64. The van der Waals surface area contributed by atoms with Crippen LogP contribution in [0.5, 0.6) is 0 Å². The van der Waals surface area contributed by atoms with Crippen molar-refractivity contribution < 1.29 is 9.63 Å². The lowest BCUT2D eigenvalue weighted by atomic mass is 10.2. The number of hydrogen-bond acceptors (Lipinski definition) is 4. The number of aliphatic imine (C=N–C) groups is 1. The van der Waals surface area contributed by atoms with Gasteiger partial charge in [0.25, 0.3) is 0 Å². The van der Waals surface area contributed by atoms with Gasteiger partial charge in [-0.15, -0.1) is 0 Å². The molecule has 0 fully saturated rings. The molecule has 0 heterocycles. The van der Waals surface area contributed by atoms with Crippen molar-refractivity contribution in [2.24, 2.45) is 10.1 Å². The quantitative estimate of drug-likeness (QED) is 0.457. The minimum atomic E-state index is 0.178. The molecule has 0 aliphatic carbocycles. The van der Waals surface area contributed by atoms with E-state index in [-0.39, 0.29) is 6.61 Å². The first-order chi connectivity index (χ1) is 8.19. The summed E-state index contributed by atoms with van der Waals surface area (Å²) in [4.78, 5) is 19.0. The van der Waals surface area contributed by atoms with Crippen LogP contribution < -0.4 is 0 Å². The molecule has 0 aromatic heterocycles. The summed E-state index contributed by atoms with van der Waals surface area (Å²) in [6, 6.07) is 5.09. The molecule has 0 aliphatic heterocycles. The predicted molar refractivity (Wildman–Crippen MR) is 67.4 cm³/mol. The largest absolute Gasteiger partial charge is 0.391 e. The van der Waals surface area contributed by atoms with Gasteiger partial charge in [0.2, 0.25) is 6.08 Å². The zero-order valence-corrected chi connectivity index (χ0v) is 10.5. The van der Waals surface area contributed by atoms with Gasteiger partial charge in [-0.25, -0.2) is 4.79 Å². The highest BCUT2D eigenvalue weighted by atomic mass is 35.5. The Morgan fingerprint density at radius 3 is 2.94 bits per heavy atom. The second-order valence-electron chi connectivity index (χ2n) is 3.39. The maximum Gasteiger partial charge on any atom is 0.240 e. The topological polar surface area (TPSA) is 51.0 Å². The lowest BCUT2D eigenvalue weighted by Crippen LogP contribution is -1.93. The van der Waals surface area contributed by atoms with Crippen molar-refractivity contribution in [2.45, 2.75) is 26.9 Å². The van der Waals surface area contributed by atoms with Crippen molar-refractivity contribution in [3.8, 4) is 0 Å². The van der Waals surface area contributed by atoms with Crippen LogP contribution in [0.4, 0.5) is 5.69 Å². The molecule has 0 aliphatic rings. The Kier molecular flexibility index (Phi) is 5.40. The Labute approximate surface area is 105 Å². The van der Waals surface area contributed by atoms with E-state index < -0.39 is 0 Å². The maximum absolute atomic E-state index is 10.3. The Balaban J connectivity index is 2.86. The molecular formula is C12H13ClN2O2. The van der Waals surface area contributed by atoms with Crippen LogP contribution in [-0.2, 0) is 16.2 Å². The normalized spacial score (nSPS) is 10.9. The van der Waals surface area contributed by atoms with Gasteiger partial charge in [-0.3, -0.25) is 0 Å². The second-order valence-corrected chi connectivity index (χ2v) is 3.80. The highest BCUT2D eigenvalue weighted by Gasteiger charge is 2.06. The van der Waals surface area contributed by atoms with E-state index in [4.69, 9.17) is 16.4 Å². The highest BCUT2D eigenvalue weighted by molar-refractivity contribution is 6.31. The monoisotopic (exact) mass is 252 g/mol. The van der Waals surface area contributed by atoms with Crippen molar-refractivity contribution in [1.82, 2.24) is 0 Å². The van der Waals surface area contributed by atoms with Gasteiger partial charge >= 0.3 is 0 Å². The van der Waals surface area contributed by atoms with Gasteiger partial charge in [0.15, 0.2) is 0 Å². The fourth-order valence-corrected chi connectivity index (χ4v) is 1.34. The van der Waals surface area contributed by atoms with Crippen molar-refractivity contribution in [1.29, 1.82) is 0 Å². The summed E-state index contributed by atoms with van der Waals surface area (Å²) in [6.45, 7) is 4.04. The number of carbonyl (C=O) groups excluding carboxylic acids is 1. The van der Waals surface area contributed by atoms with E-state index in [9.17, 15) is 4.79 Å². The summed E-state index contributed by atoms with van der Waals surface area (Å²) < 4.78 is 0. The number of hydrogen-bond donors (Lipinski definition) is 0. The van der Waals surface area contributed by atoms with Crippen molar-refractivity contribution in [3.63, 3.8) is 0 Å². The van der Waals surface area contributed by atoms with Gasteiger partial charge < -0.3 is 4.84 Å². The standard InChI is InChI=1S/C12H13ClN2O2/c1-3-9(2)15-17-7-10-11(13)5-4-6-12(10)14-8-16/h4-6H,3,7H2,1-2H3. The fraction of sp³-hybridized carbons (Fsp3) is 0.333. The molecule has 0 unspecified atom stereocenters. The van der Waals surface area contributed by atoms with E-state index >= 15 is 0 Å². The third-order valence-corrected chi connectivity index (χ3v) is 2.56. The van der Waals surface area contributed by atoms with Crippen LogP contribution in [0.2, 0.25) is 5.02 Å².